The summed E-state index contributed by atoms with van der Waals surface area (Å²) in [6.07, 6.45) is 0. The van der Waals surface area contributed by atoms with Crippen molar-refractivity contribution in [1.82, 2.24) is 25.2 Å². The topological polar surface area (TPSA) is 80.3 Å². The van der Waals surface area contributed by atoms with Crippen LogP contribution in [-0.4, -0.2) is 25.2 Å². The number of rotatable bonds is 2. The minimum absolute atomic E-state index is 0.440. The highest BCUT2D eigenvalue weighted by atomic mass is 79.9. The first-order chi connectivity index (χ1) is 8.10. The van der Waals surface area contributed by atoms with Crippen LogP contribution in [0.15, 0.2) is 10.8 Å². The molecule has 0 amide bonds. The second kappa shape index (κ2) is 4.59. The van der Waals surface area contributed by atoms with E-state index in [1.165, 1.54) is 4.80 Å². The van der Waals surface area contributed by atoms with Gasteiger partial charge >= 0.3 is 0 Å². The number of aryl methyl sites for hydroxylation is 2. The van der Waals surface area contributed by atoms with Crippen LogP contribution in [0, 0.1) is 25.2 Å². The summed E-state index contributed by atoms with van der Waals surface area (Å²) >= 11 is 3.13. The normalized spacial score (nSPS) is 10.2. The molecule has 0 bridgehead atoms. The van der Waals surface area contributed by atoms with E-state index < -0.39 is 0 Å². The zero-order valence-corrected chi connectivity index (χ0v) is 10.9. The minimum atomic E-state index is 0.440. The number of hydrogen-bond donors (Lipinski definition) is 0. The van der Waals surface area contributed by atoms with Gasteiger partial charge in [0.1, 0.15) is 6.07 Å². The molecule has 2 aromatic heterocycles. The highest BCUT2D eigenvalue weighted by Crippen LogP contribution is 2.12. The average Bonchev–Trinajstić information content (AvgIpc) is 2.68. The van der Waals surface area contributed by atoms with Crippen molar-refractivity contribution in [2.24, 2.45) is 0 Å². The van der Waals surface area contributed by atoms with Gasteiger partial charge in [-0.25, -0.2) is 0 Å². The molecule has 0 fully saturated rings. The number of nitriles is 1. The number of pyridine rings is 1. The van der Waals surface area contributed by atoms with Crippen molar-refractivity contribution >= 4 is 15.9 Å². The molecule has 0 spiro atoms. The van der Waals surface area contributed by atoms with Crippen molar-refractivity contribution in [3.8, 4) is 6.07 Å². The van der Waals surface area contributed by atoms with Gasteiger partial charge in [-0.3, -0.25) is 4.98 Å². The predicted octanol–water partition coefficient (Wildman–Crippen LogP) is 1.37. The van der Waals surface area contributed by atoms with Gasteiger partial charge in [0.05, 0.1) is 17.8 Å². The highest BCUT2D eigenvalue weighted by Gasteiger charge is 2.08. The summed E-state index contributed by atoms with van der Waals surface area (Å²) in [7, 11) is 0. The third kappa shape index (κ3) is 2.47. The molecule has 86 valence electrons. The molecule has 0 saturated carbocycles. The number of hydrogen-bond acceptors (Lipinski definition) is 5. The first kappa shape index (κ1) is 11.7. The van der Waals surface area contributed by atoms with Crippen LogP contribution in [-0.2, 0) is 6.54 Å². The molecule has 2 aromatic rings. The lowest BCUT2D eigenvalue weighted by Crippen LogP contribution is -2.07. The van der Waals surface area contributed by atoms with E-state index in [1.54, 1.807) is 0 Å². The summed E-state index contributed by atoms with van der Waals surface area (Å²) in [5, 5.41) is 20.5. The van der Waals surface area contributed by atoms with Gasteiger partial charge in [-0.2, -0.15) is 10.1 Å². The monoisotopic (exact) mass is 292 g/mol. The van der Waals surface area contributed by atoms with Crippen LogP contribution in [0.4, 0.5) is 0 Å². The molecule has 0 saturated heterocycles. The average molecular weight is 293 g/mol. The molecule has 0 aliphatic carbocycles. The van der Waals surface area contributed by atoms with E-state index in [2.05, 4.69) is 42.4 Å². The molecule has 2 heterocycles. The van der Waals surface area contributed by atoms with E-state index in [0.717, 1.165) is 17.0 Å². The molecule has 0 unspecified atom stereocenters. The van der Waals surface area contributed by atoms with Gasteiger partial charge in [0.25, 0.3) is 0 Å². The third-order valence-electron chi connectivity index (χ3n) is 2.37. The zero-order chi connectivity index (χ0) is 12.4. The highest BCUT2D eigenvalue weighted by molar-refractivity contribution is 9.10. The standard InChI is InChI=1S/C10H9BrN6/c1-6-8(4-12)3-9(7(2)13-6)5-17-15-10(11)14-16-17/h3H,5H2,1-2H3. The molecule has 0 aliphatic rings. The Morgan fingerprint density at radius 2 is 2.18 bits per heavy atom. The molecule has 0 radical (unpaired) electrons. The summed E-state index contributed by atoms with van der Waals surface area (Å²) in [4.78, 5) is 5.77. The van der Waals surface area contributed by atoms with Crippen LogP contribution in [0.2, 0.25) is 0 Å². The summed E-state index contributed by atoms with van der Waals surface area (Å²) in [5.74, 6) is 0. The van der Waals surface area contributed by atoms with Gasteiger partial charge in [-0.15, -0.1) is 10.2 Å². The first-order valence-corrected chi connectivity index (χ1v) is 5.70. The van der Waals surface area contributed by atoms with Crippen LogP contribution in [0.3, 0.4) is 0 Å². The number of aromatic nitrogens is 5. The molecule has 0 aromatic carbocycles. The number of tetrazole rings is 1. The van der Waals surface area contributed by atoms with E-state index in [-0.39, 0.29) is 0 Å². The van der Waals surface area contributed by atoms with E-state index >= 15 is 0 Å². The number of nitrogens with zero attached hydrogens (tertiary/aromatic N) is 6. The molecule has 0 N–H and O–H groups in total. The maximum atomic E-state index is 8.96. The third-order valence-corrected chi connectivity index (χ3v) is 2.69. The Kier molecular flexibility index (Phi) is 3.15. The fourth-order valence-electron chi connectivity index (χ4n) is 1.48. The summed E-state index contributed by atoms with van der Waals surface area (Å²) in [6, 6.07) is 3.93. The van der Waals surface area contributed by atoms with E-state index in [1.807, 2.05) is 19.9 Å². The Bertz CT molecular complexity index is 597. The second-order valence-corrected chi connectivity index (χ2v) is 4.28. The Balaban J connectivity index is 2.36. The van der Waals surface area contributed by atoms with Crippen LogP contribution < -0.4 is 0 Å². The van der Waals surface area contributed by atoms with Gasteiger partial charge in [0, 0.05) is 5.69 Å². The van der Waals surface area contributed by atoms with E-state index in [4.69, 9.17) is 5.26 Å². The zero-order valence-electron chi connectivity index (χ0n) is 9.35. The van der Waals surface area contributed by atoms with Crippen molar-refractivity contribution < 1.29 is 0 Å². The largest absolute Gasteiger partial charge is 0.257 e. The summed E-state index contributed by atoms with van der Waals surface area (Å²) < 4.78 is 0.440. The molecule has 0 aliphatic heterocycles. The van der Waals surface area contributed by atoms with Crippen molar-refractivity contribution in [3.63, 3.8) is 0 Å². The second-order valence-electron chi connectivity index (χ2n) is 3.57. The Morgan fingerprint density at radius 3 is 2.76 bits per heavy atom. The van der Waals surface area contributed by atoms with Gasteiger partial charge in [-0.05, 0) is 46.6 Å². The Morgan fingerprint density at radius 1 is 1.41 bits per heavy atom. The maximum Gasteiger partial charge on any atom is 0.239 e. The molecule has 17 heavy (non-hydrogen) atoms. The van der Waals surface area contributed by atoms with Crippen LogP contribution >= 0.6 is 15.9 Å². The lowest BCUT2D eigenvalue weighted by atomic mass is 10.1. The van der Waals surface area contributed by atoms with Gasteiger partial charge in [0.15, 0.2) is 0 Å². The SMILES string of the molecule is Cc1nc(C)c(Cn2nnc(Br)n2)cc1C#N. The summed E-state index contributed by atoms with van der Waals surface area (Å²) in [6.45, 7) is 4.17. The maximum absolute atomic E-state index is 8.96. The molecular formula is C10H9BrN6. The molecule has 0 atom stereocenters. The van der Waals surface area contributed by atoms with E-state index in [9.17, 15) is 0 Å². The first-order valence-electron chi connectivity index (χ1n) is 4.90. The van der Waals surface area contributed by atoms with E-state index in [0.29, 0.717) is 16.8 Å². The van der Waals surface area contributed by atoms with Crippen molar-refractivity contribution in [2.75, 3.05) is 0 Å². The molecule has 6 nitrogen and oxygen atoms in total. The van der Waals surface area contributed by atoms with Gasteiger partial charge in [0.2, 0.25) is 4.73 Å². The molecule has 7 heteroatoms. The quantitative estimate of drug-likeness (QED) is 0.835. The lowest BCUT2D eigenvalue weighted by Gasteiger charge is -2.06. The van der Waals surface area contributed by atoms with Gasteiger partial charge < -0.3 is 0 Å². The van der Waals surface area contributed by atoms with Crippen LogP contribution in [0.5, 0.6) is 0 Å². The fourth-order valence-corrected chi connectivity index (χ4v) is 1.74. The van der Waals surface area contributed by atoms with Crippen molar-refractivity contribution in [1.29, 1.82) is 5.26 Å². The minimum Gasteiger partial charge on any atom is -0.257 e. The van der Waals surface area contributed by atoms with Crippen LogP contribution in [0.1, 0.15) is 22.5 Å². The summed E-state index contributed by atoms with van der Waals surface area (Å²) in [5.41, 5.74) is 3.10. The number of halogens is 1. The smallest absolute Gasteiger partial charge is 0.239 e. The van der Waals surface area contributed by atoms with Gasteiger partial charge in [-0.1, -0.05) is 0 Å². The lowest BCUT2D eigenvalue weighted by molar-refractivity contribution is 0.568. The van der Waals surface area contributed by atoms with Crippen molar-refractivity contribution in [3.05, 3.63) is 33.3 Å². The molecule has 2 rings (SSSR count). The predicted molar refractivity (Wildman–Crippen MR) is 63.0 cm³/mol. The van der Waals surface area contributed by atoms with Crippen LogP contribution in [0.25, 0.3) is 0 Å². The Labute approximate surface area is 106 Å². The fraction of sp³-hybridized carbons (Fsp3) is 0.300. The molecular weight excluding hydrogens is 284 g/mol. The Hall–Kier alpha value is -1.81. The van der Waals surface area contributed by atoms with Crippen molar-refractivity contribution in [2.45, 2.75) is 20.4 Å².